The van der Waals surface area contributed by atoms with Crippen molar-refractivity contribution in [3.63, 3.8) is 0 Å². The summed E-state index contributed by atoms with van der Waals surface area (Å²) < 4.78 is 21.6. The maximum Gasteiger partial charge on any atom is 0.313 e. The van der Waals surface area contributed by atoms with Crippen molar-refractivity contribution >= 4 is 23.2 Å². The molecule has 1 aliphatic heterocycles. The Balaban J connectivity index is 1.30. The molecule has 11 nitrogen and oxygen atoms in total. The van der Waals surface area contributed by atoms with Gasteiger partial charge in [0.2, 0.25) is 0 Å². The van der Waals surface area contributed by atoms with Crippen LogP contribution in [0.4, 0.5) is 11.4 Å². The standard InChI is InChI=1S/C28H35N5O6/c1-28(2,17-32-10-12-33(13-11-32)22-9-7-20(36-3)15-24(22)38-5)31-27(35)26(34)30-19-6-8-21(23(14-19)37-4)25-16-29-18-39-25/h6-9,14-16,18H,10-13,17H2,1-5H3,(H,30,34)(H,31,35). The van der Waals surface area contributed by atoms with Crippen LogP contribution < -0.4 is 29.7 Å². The zero-order chi connectivity index (χ0) is 28.0. The third kappa shape index (κ3) is 6.80. The van der Waals surface area contributed by atoms with E-state index < -0.39 is 17.4 Å². The molecule has 39 heavy (non-hydrogen) atoms. The van der Waals surface area contributed by atoms with Crippen LogP contribution in [0.25, 0.3) is 11.3 Å². The Kier molecular flexibility index (Phi) is 8.60. The number of ether oxygens (including phenoxy) is 3. The molecule has 2 N–H and O–H groups in total. The summed E-state index contributed by atoms with van der Waals surface area (Å²) in [5, 5.41) is 5.50. The number of amides is 2. The molecule has 2 amide bonds. The molecule has 3 aromatic rings. The van der Waals surface area contributed by atoms with E-state index in [1.165, 1.54) is 13.5 Å². The largest absolute Gasteiger partial charge is 0.497 e. The second kappa shape index (κ2) is 12.1. The van der Waals surface area contributed by atoms with Gasteiger partial charge in [0.1, 0.15) is 17.2 Å². The molecule has 0 spiro atoms. The normalized spacial score (nSPS) is 14.0. The Morgan fingerprint density at radius 3 is 2.33 bits per heavy atom. The fraction of sp³-hybridized carbons (Fsp3) is 0.393. The van der Waals surface area contributed by atoms with Crippen molar-refractivity contribution in [1.82, 2.24) is 15.2 Å². The first-order valence-corrected chi connectivity index (χ1v) is 12.6. The molecule has 0 radical (unpaired) electrons. The molecular weight excluding hydrogens is 502 g/mol. The molecule has 11 heteroatoms. The fourth-order valence-corrected chi connectivity index (χ4v) is 4.66. The maximum absolute atomic E-state index is 12.7. The van der Waals surface area contributed by atoms with Crippen LogP contribution >= 0.6 is 0 Å². The number of nitrogens with one attached hydrogen (secondary N) is 2. The minimum Gasteiger partial charge on any atom is -0.497 e. The number of benzene rings is 2. The third-order valence-corrected chi connectivity index (χ3v) is 6.53. The average Bonchev–Trinajstić information content (AvgIpc) is 3.47. The van der Waals surface area contributed by atoms with Crippen molar-refractivity contribution < 1.29 is 28.2 Å². The number of rotatable bonds is 9. The maximum atomic E-state index is 12.7. The highest BCUT2D eigenvalue weighted by Crippen LogP contribution is 2.33. The number of nitrogens with zero attached hydrogens (tertiary/aromatic N) is 3. The van der Waals surface area contributed by atoms with Gasteiger partial charge in [-0.1, -0.05) is 0 Å². The summed E-state index contributed by atoms with van der Waals surface area (Å²) in [4.78, 5) is 33.9. The van der Waals surface area contributed by atoms with Gasteiger partial charge in [-0.3, -0.25) is 14.5 Å². The van der Waals surface area contributed by atoms with Crippen LogP contribution in [0.2, 0.25) is 0 Å². The van der Waals surface area contributed by atoms with E-state index in [1.54, 1.807) is 38.6 Å². The van der Waals surface area contributed by atoms with Gasteiger partial charge in [-0.2, -0.15) is 0 Å². The zero-order valence-corrected chi connectivity index (χ0v) is 22.9. The van der Waals surface area contributed by atoms with Crippen LogP contribution in [0.15, 0.2) is 53.4 Å². The summed E-state index contributed by atoms with van der Waals surface area (Å²) in [6.45, 7) is 7.63. The third-order valence-electron chi connectivity index (χ3n) is 6.53. The van der Waals surface area contributed by atoms with Crippen molar-refractivity contribution in [2.24, 2.45) is 0 Å². The Bertz CT molecular complexity index is 1290. The molecule has 0 saturated carbocycles. The highest BCUT2D eigenvalue weighted by molar-refractivity contribution is 6.39. The molecule has 2 heterocycles. The second-order valence-electron chi connectivity index (χ2n) is 9.87. The number of carbonyl (C=O) groups excluding carboxylic acids is 2. The Hall–Kier alpha value is -4.25. The fourth-order valence-electron chi connectivity index (χ4n) is 4.66. The summed E-state index contributed by atoms with van der Waals surface area (Å²) in [7, 11) is 4.80. The van der Waals surface area contributed by atoms with Gasteiger partial charge in [-0.05, 0) is 38.1 Å². The molecule has 1 aromatic heterocycles. The second-order valence-corrected chi connectivity index (χ2v) is 9.87. The summed E-state index contributed by atoms with van der Waals surface area (Å²) in [5.41, 5.74) is 1.51. The summed E-state index contributed by atoms with van der Waals surface area (Å²) in [6, 6.07) is 10.9. The van der Waals surface area contributed by atoms with Gasteiger partial charge in [0.05, 0.1) is 38.8 Å². The van der Waals surface area contributed by atoms with E-state index in [1.807, 2.05) is 32.0 Å². The number of oxazole rings is 1. The van der Waals surface area contributed by atoms with E-state index in [0.29, 0.717) is 29.3 Å². The minimum absolute atomic E-state index is 0.429. The van der Waals surface area contributed by atoms with Crippen molar-refractivity contribution in [2.45, 2.75) is 19.4 Å². The van der Waals surface area contributed by atoms with Crippen LogP contribution in [-0.4, -0.2) is 81.3 Å². The van der Waals surface area contributed by atoms with Gasteiger partial charge in [-0.25, -0.2) is 4.98 Å². The molecule has 2 aromatic carbocycles. The molecule has 0 bridgehead atoms. The number of aromatic nitrogens is 1. The summed E-state index contributed by atoms with van der Waals surface area (Å²) >= 11 is 0. The lowest BCUT2D eigenvalue weighted by molar-refractivity contribution is -0.137. The van der Waals surface area contributed by atoms with Gasteiger partial charge >= 0.3 is 11.8 Å². The van der Waals surface area contributed by atoms with E-state index in [4.69, 9.17) is 18.6 Å². The molecule has 208 valence electrons. The predicted molar refractivity (Wildman–Crippen MR) is 148 cm³/mol. The van der Waals surface area contributed by atoms with Crippen LogP contribution in [-0.2, 0) is 9.59 Å². The predicted octanol–water partition coefficient (Wildman–Crippen LogP) is 3.02. The Morgan fingerprint density at radius 2 is 1.69 bits per heavy atom. The number of anilines is 2. The lowest BCUT2D eigenvalue weighted by atomic mass is 10.0. The molecule has 0 unspecified atom stereocenters. The first-order chi connectivity index (χ1) is 18.7. The molecule has 4 rings (SSSR count). The SMILES string of the molecule is COc1ccc(N2CCN(CC(C)(C)NC(=O)C(=O)Nc3ccc(-c4cnco4)c(OC)c3)CC2)c(OC)c1. The van der Waals surface area contributed by atoms with Gasteiger partial charge in [0.15, 0.2) is 12.2 Å². The van der Waals surface area contributed by atoms with Crippen LogP contribution in [0.3, 0.4) is 0 Å². The van der Waals surface area contributed by atoms with Crippen molar-refractivity contribution in [3.8, 4) is 28.6 Å². The lowest BCUT2D eigenvalue weighted by Crippen LogP contribution is -2.57. The first kappa shape index (κ1) is 27.8. The van der Waals surface area contributed by atoms with Gasteiger partial charge in [-0.15, -0.1) is 0 Å². The number of carbonyl (C=O) groups is 2. The highest BCUT2D eigenvalue weighted by atomic mass is 16.5. The molecular formula is C28H35N5O6. The van der Waals surface area contributed by atoms with Gasteiger partial charge in [0.25, 0.3) is 0 Å². The van der Waals surface area contributed by atoms with Gasteiger partial charge < -0.3 is 34.2 Å². The topological polar surface area (TPSA) is 118 Å². The van der Waals surface area contributed by atoms with E-state index in [2.05, 4.69) is 25.4 Å². The quantitative estimate of drug-likeness (QED) is 0.397. The van der Waals surface area contributed by atoms with Crippen LogP contribution in [0, 0.1) is 0 Å². The molecule has 0 atom stereocenters. The summed E-state index contributed by atoms with van der Waals surface area (Å²) in [5.74, 6) is 1.07. The van der Waals surface area contributed by atoms with E-state index >= 15 is 0 Å². The van der Waals surface area contributed by atoms with E-state index in [0.717, 1.165) is 43.4 Å². The Morgan fingerprint density at radius 1 is 0.949 bits per heavy atom. The molecule has 1 aliphatic rings. The van der Waals surface area contributed by atoms with Crippen LogP contribution in [0.1, 0.15) is 13.8 Å². The summed E-state index contributed by atoms with van der Waals surface area (Å²) in [6.07, 6.45) is 2.90. The van der Waals surface area contributed by atoms with Crippen molar-refractivity contribution in [1.29, 1.82) is 0 Å². The lowest BCUT2D eigenvalue weighted by Gasteiger charge is -2.40. The Labute approximate surface area is 228 Å². The van der Waals surface area contributed by atoms with E-state index in [-0.39, 0.29) is 0 Å². The van der Waals surface area contributed by atoms with Crippen molar-refractivity contribution in [2.75, 3.05) is 64.3 Å². The van der Waals surface area contributed by atoms with Crippen molar-refractivity contribution in [3.05, 3.63) is 49.0 Å². The smallest absolute Gasteiger partial charge is 0.313 e. The number of hydrogen-bond acceptors (Lipinski definition) is 9. The molecule has 0 aliphatic carbocycles. The van der Waals surface area contributed by atoms with Crippen LogP contribution in [0.5, 0.6) is 17.2 Å². The van der Waals surface area contributed by atoms with Gasteiger partial charge in [0, 0.05) is 56.1 Å². The zero-order valence-electron chi connectivity index (χ0n) is 22.9. The number of methoxy groups -OCH3 is 3. The monoisotopic (exact) mass is 537 g/mol. The highest BCUT2D eigenvalue weighted by Gasteiger charge is 2.29. The number of hydrogen-bond donors (Lipinski definition) is 2. The minimum atomic E-state index is -0.756. The molecule has 1 fully saturated rings. The van der Waals surface area contributed by atoms with E-state index in [9.17, 15) is 9.59 Å². The first-order valence-electron chi connectivity index (χ1n) is 12.6. The molecule has 1 saturated heterocycles. The average molecular weight is 538 g/mol. The number of piperazine rings is 1.